The van der Waals surface area contributed by atoms with Crippen molar-refractivity contribution in [1.82, 2.24) is 0 Å². The highest BCUT2D eigenvalue weighted by molar-refractivity contribution is 6.07. The van der Waals surface area contributed by atoms with Crippen LogP contribution in [0.1, 0.15) is 20.7 Å². The highest BCUT2D eigenvalue weighted by atomic mass is 16.5. The first kappa shape index (κ1) is 22.5. The van der Waals surface area contributed by atoms with Crippen LogP contribution >= 0.6 is 0 Å². The van der Waals surface area contributed by atoms with Crippen LogP contribution < -0.4 is 29.6 Å². The van der Waals surface area contributed by atoms with Gasteiger partial charge in [0, 0.05) is 22.5 Å². The smallest absolute Gasteiger partial charge is 0.255 e. The molecule has 0 aliphatic rings. The number of rotatable bonds is 8. The Morgan fingerprint density at radius 3 is 1.78 bits per heavy atom. The summed E-state index contributed by atoms with van der Waals surface area (Å²) >= 11 is 0. The minimum absolute atomic E-state index is 0.306. The molecule has 2 amide bonds. The molecule has 0 heterocycles. The first-order chi connectivity index (χ1) is 15.5. The zero-order valence-electron chi connectivity index (χ0n) is 18.2. The normalized spacial score (nSPS) is 10.1. The number of benzene rings is 3. The molecular weight excluding hydrogens is 412 g/mol. The molecule has 0 atom stereocenters. The first-order valence-corrected chi connectivity index (χ1v) is 9.66. The summed E-state index contributed by atoms with van der Waals surface area (Å²) in [5.41, 5.74) is 1.80. The van der Waals surface area contributed by atoms with Crippen molar-refractivity contribution in [2.24, 2.45) is 0 Å². The van der Waals surface area contributed by atoms with E-state index in [-0.39, 0.29) is 5.91 Å². The second-order valence-electron chi connectivity index (χ2n) is 6.63. The van der Waals surface area contributed by atoms with Crippen LogP contribution in [0.25, 0.3) is 0 Å². The molecule has 0 bridgehead atoms. The standard InChI is InChI=1S/C24H24N2O6/c1-29-19-10-8-17(9-11-19)25-23(27)15-6-5-7-18(12-15)26-24(28)16-13-20(30-2)22(32-4)21(14-16)31-3/h5-14H,1-4H3,(H,25,27)(H,26,28). The maximum absolute atomic E-state index is 12.8. The Morgan fingerprint density at radius 2 is 1.22 bits per heavy atom. The summed E-state index contributed by atoms with van der Waals surface area (Å²) in [7, 11) is 6.02. The van der Waals surface area contributed by atoms with Crippen molar-refractivity contribution in [3.8, 4) is 23.0 Å². The van der Waals surface area contributed by atoms with Crippen LogP contribution in [-0.2, 0) is 0 Å². The van der Waals surface area contributed by atoms with E-state index in [4.69, 9.17) is 18.9 Å². The summed E-state index contributed by atoms with van der Waals surface area (Å²) in [6.45, 7) is 0. The van der Waals surface area contributed by atoms with Crippen molar-refractivity contribution in [2.45, 2.75) is 0 Å². The molecule has 0 aromatic heterocycles. The van der Waals surface area contributed by atoms with Crippen molar-refractivity contribution in [1.29, 1.82) is 0 Å². The third kappa shape index (κ3) is 5.10. The maximum Gasteiger partial charge on any atom is 0.255 e. The fourth-order valence-electron chi connectivity index (χ4n) is 3.03. The average molecular weight is 436 g/mol. The van der Waals surface area contributed by atoms with Crippen LogP contribution in [0.5, 0.6) is 23.0 Å². The Morgan fingerprint density at radius 1 is 0.625 bits per heavy atom. The molecule has 32 heavy (non-hydrogen) atoms. The van der Waals surface area contributed by atoms with Gasteiger partial charge in [0.1, 0.15) is 5.75 Å². The van der Waals surface area contributed by atoms with E-state index in [1.54, 1.807) is 67.8 Å². The zero-order chi connectivity index (χ0) is 23.1. The molecule has 8 heteroatoms. The van der Waals surface area contributed by atoms with Crippen molar-refractivity contribution < 1.29 is 28.5 Å². The van der Waals surface area contributed by atoms with Crippen LogP contribution in [0.2, 0.25) is 0 Å². The molecule has 3 aromatic rings. The second kappa shape index (κ2) is 10.2. The van der Waals surface area contributed by atoms with Crippen molar-refractivity contribution >= 4 is 23.2 Å². The van der Waals surface area contributed by atoms with Gasteiger partial charge in [-0.1, -0.05) is 6.07 Å². The predicted octanol–water partition coefficient (Wildman–Crippen LogP) is 4.23. The van der Waals surface area contributed by atoms with Crippen LogP contribution in [0.4, 0.5) is 11.4 Å². The molecule has 0 unspecified atom stereocenters. The molecule has 0 aliphatic carbocycles. The molecule has 3 rings (SSSR count). The van der Waals surface area contributed by atoms with Crippen LogP contribution in [0.3, 0.4) is 0 Å². The number of anilines is 2. The van der Waals surface area contributed by atoms with E-state index < -0.39 is 5.91 Å². The highest BCUT2D eigenvalue weighted by Gasteiger charge is 2.17. The molecule has 0 spiro atoms. The second-order valence-corrected chi connectivity index (χ2v) is 6.63. The lowest BCUT2D eigenvalue weighted by atomic mass is 10.1. The van der Waals surface area contributed by atoms with Gasteiger partial charge < -0.3 is 29.6 Å². The van der Waals surface area contributed by atoms with E-state index in [1.807, 2.05) is 0 Å². The predicted molar refractivity (Wildman–Crippen MR) is 121 cm³/mol. The van der Waals surface area contributed by atoms with Gasteiger partial charge in [0.25, 0.3) is 11.8 Å². The Kier molecular flexibility index (Phi) is 7.17. The van der Waals surface area contributed by atoms with Crippen molar-refractivity contribution in [3.05, 3.63) is 71.8 Å². The molecule has 166 valence electrons. The number of carbonyl (C=O) groups excluding carboxylic acids is 2. The van der Waals surface area contributed by atoms with Crippen LogP contribution in [0, 0.1) is 0 Å². The molecule has 0 radical (unpaired) electrons. The summed E-state index contributed by atoms with van der Waals surface area (Å²) in [4.78, 5) is 25.4. The quantitative estimate of drug-likeness (QED) is 0.549. The summed E-state index contributed by atoms with van der Waals surface area (Å²) in [5.74, 6) is 1.12. The van der Waals surface area contributed by atoms with Gasteiger partial charge in [-0.25, -0.2) is 0 Å². The number of ether oxygens (including phenoxy) is 4. The lowest BCUT2D eigenvalue weighted by Gasteiger charge is -2.14. The summed E-state index contributed by atoms with van der Waals surface area (Å²) in [5, 5.41) is 5.60. The van der Waals surface area contributed by atoms with E-state index >= 15 is 0 Å². The summed E-state index contributed by atoms with van der Waals surface area (Å²) < 4.78 is 21.0. The minimum atomic E-state index is -0.392. The van der Waals surface area contributed by atoms with Gasteiger partial charge >= 0.3 is 0 Å². The molecule has 0 saturated carbocycles. The van der Waals surface area contributed by atoms with Gasteiger partial charge in [-0.15, -0.1) is 0 Å². The number of hydrogen-bond donors (Lipinski definition) is 2. The lowest BCUT2D eigenvalue weighted by Crippen LogP contribution is -2.15. The zero-order valence-corrected chi connectivity index (χ0v) is 18.2. The third-order valence-corrected chi connectivity index (χ3v) is 4.66. The van der Waals surface area contributed by atoms with Gasteiger partial charge in [0.2, 0.25) is 5.75 Å². The monoisotopic (exact) mass is 436 g/mol. The van der Waals surface area contributed by atoms with Gasteiger partial charge in [0.05, 0.1) is 28.4 Å². The topological polar surface area (TPSA) is 95.1 Å². The Labute approximate surface area is 186 Å². The maximum atomic E-state index is 12.8. The van der Waals surface area contributed by atoms with Crippen molar-refractivity contribution in [2.75, 3.05) is 39.1 Å². The highest BCUT2D eigenvalue weighted by Crippen LogP contribution is 2.38. The Hall–Kier alpha value is -4.20. The number of nitrogens with one attached hydrogen (secondary N) is 2. The van der Waals surface area contributed by atoms with Crippen LogP contribution in [0.15, 0.2) is 60.7 Å². The SMILES string of the molecule is COc1ccc(NC(=O)c2cccc(NC(=O)c3cc(OC)c(OC)c(OC)c3)c2)cc1. The molecular formula is C24H24N2O6. The van der Waals surface area contributed by atoms with Crippen LogP contribution in [-0.4, -0.2) is 40.3 Å². The number of carbonyl (C=O) groups is 2. The fraction of sp³-hybridized carbons (Fsp3) is 0.167. The number of methoxy groups -OCH3 is 4. The summed E-state index contributed by atoms with van der Waals surface area (Å²) in [6.07, 6.45) is 0. The number of amides is 2. The molecule has 0 saturated heterocycles. The van der Waals surface area contributed by atoms with Crippen molar-refractivity contribution in [3.63, 3.8) is 0 Å². The Balaban J connectivity index is 1.76. The lowest BCUT2D eigenvalue weighted by molar-refractivity contribution is 0.101. The van der Waals surface area contributed by atoms with E-state index in [2.05, 4.69) is 10.6 Å². The molecule has 3 aromatic carbocycles. The molecule has 0 aliphatic heterocycles. The van der Waals surface area contributed by atoms with Gasteiger partial charge in [-0.2, -0.15) is 0 Å². The fourth-order valence-corrected chi connectivity index (χ4v) is 3.03. The van der Waals surface area contributed by atoms with E-state index in [0.29, 0.717) is 45.5 Å². The van der Waals surface area contributed by atoms with Gasteiger partial charge in [-0.05, 0) is 54.6 Å². The number of hydrogen-bond acceptors (Lipinski definition) is 6. The van der Waals surface area contributed by atoms with E-state index in [0.717, 1.165) is 0 Å². The largest absolute Gasteiger partial charge is 0.497 e. The Bertz CT molecular complexity index is 1090. The third-order valence-electron chi connectivity index (χ3n) is 4.66. The van der Waals surface area contributed by atoms with E-state index in [1.165, 1.54) is 21.3 Å². The molecule has 0 fully saturated rings. The minimum Gasteiger partial charge on any atom is -0.497 e. The van der Waals surface area contributed by atoms with E-state index in [9.17, 15) is 9.59 Å². The summed E-state index contributed by atoms with van der Waals surface area (Å²) in [6, 6.07) is 16.7. The molecule has 8 nitrogen and oxygen atoms in total. The molecule has 2 N–H and O–H groups in total. The first-order valence-electron chi connectivity index (χ1n) is 9.66. The van der Waals surface area contributed by atoms with Gasteiger partial charge in [0.15, 0.2) is 11.5 Å². The van der Waals surface area contributed by atoms with Gasteiger partial charge in [-0.3, -0.25) is 9.59 Å². The average Bonchev–Trinajstić information content (AvgIpc) is 2.83.